The Hall–Kier alpha value is -3.57. The second kappa shape index (κ2) is 8.41. The Bertz CT molecular complexity index is 1380. The van der Waals surface area contributed by atoms with Crippen LogP contribution in [0.2, 0.25) is 0 Å². The SMILES string of the molecule is CN1CCN(c2ncc(Nc3ncc4ccn(-c5ccc(S(C)(=O)=O)cc5)c4n3)cn2)CC1. The summed E-state index contributed by atoms with van der Waals surface area (Å²) >= 11 is 0. The molecule has 1 aliphatic heterocycles. The molecule has 0 atom stereocenters. The van der Waals surface area contributed by atoms with Crippen molar-refractivity contribution in [2.75, 3.05) is 49.7 Å². The van der Waals surface area contributed by atoms with Crippen molar-refractivity contribution >= 4 is 38.5 Å². The maximum Gasteiger partial charge on any atom is 0.229 e. The van der Waals surface area contributed by atoms with E-state index in [1.165, 1.54) is 6.26 Å². The average Bonchev–Trinajstić information content (AvgIpc) is 3.23. The monoisotopic (exact) mass is 464 g/mol. The van der Waals surface area contributed by atoms with E-state index in [9.17, 15) is 8.42 Å². The zero-order valence-electron chi connectivity index (χ0n) is 18.4. The van der Waals surface area contributed by atoms with Crippen molar-refractivity contribution in [3.05, 3.63) is 55.1 Å². The predicted octanol–water partition coefficient (Wildman–Crippen LogP) is 2.11. The van der Waals surface area contributed by atoms with E-state index in [1.807, 2.05) is 16.8 Å². The number of hydrogen-bond acceptors (Lipinski definition) is 9. The zero-order valence-corrected chi connectivity index (χ0v) is 19.2. The molecule has 4 aromatic rings. The van der Waals surface area contributed by atoms with E-state index in [1.54, 1.807) is 42.9 Å². The van der Waals surface area contributed by atoms with Gasteiger partial charge in [0.25, 0.3) is 0 Å². The van der Waals surface area contributed by atoms with Gasteiger partial charge >= 0.3 is 0 Å². The molecule has 1 saturated heterocycles. The van der Waals surface area contributed by atoms with Crippen LogP contribution < -0.4 is 10.2 Å². The van der Waals surface area contributed by atoms with Gasteiger partial charge in [-0.05, 0) is 37.4 Å². The van der Waals surface area contributed by atoms with Crippen molar-refractivity contribution in [1.29, 1.82) is 0 Å². The lowest BCUT2D eigenvalue weighted by Crippen LogP contribution is -2.45. The van der Waals surface area contributed by atoms with E-state index < -0.39 is 9.84 Å². The third-order valence-electron chi connectivity index (χ3n) is 5.65. The minimum absolute atomic E-state index is 0.278. The van der Waals surface area contributed by atoms with E-state index in [2.05, 4.69) is 42.1 Å². The molecule has 1 N–H and O–H groups in total. The minimum Gasteiger partial charge on any atom is -0.338 e. The lowest BCUT2D eigenvalue weighted by molar-refractivity contribution is 0.311. The maximum atomic E-state index is 11.7. The van der Waals surface area contributed by atoms with Crippen LogP contribution in [-0.4, -0.2) is 77.3 Å². The first-order chi connectivity index (χ1) is 15.9. The number of fused-ring (bicyclic) bond motifs is 1. The molecule has 5 rings (SSSR count). The van der Waals surface area contributed by atoms with Crippen molar-refractivity contribution < 1.29 is 8.42 Å². The largest absolute Gasteiger partial charge is 0.338 e. The summed E-state index contributed by atoms with van der Waals surface area (Å²) in [5.41, 5.74) is 2.21. The van der Waals surface area contributed by atoms with Crippen molar-refractivity contribution in [2.24, 2.45) is 0 Å². The van der Waals surface area contributed by atoms with Crippen molar-refractivity contribution in [3.8, 4) is 5.69 Å². The van der Waals surface area contributed by atoms with Crippen LogP contribution in [0.4, 0.5) is 17.6 Å². The van der Waals surface area contributed by atoms with E-state index >= 15 is 0 Å². The lowest BCUT2D eigenvalue weighted by Gasteiger charge is -2.32. The normalized spacial score (nSPS) is 15.2. The van der Waals surface area contributed by atoms with Gasteiger partial charge in [-0.2, -0.15) is 4.98 Å². The van der Waals surface area contributed by atoms with Gasteiger partial charge in [0, 0.05) is 55.9 Å². The summed E-state index contributed by atoms with van der Waals surface area (Å²) in [5.74, 6) is 1.14. The fourth-order valence-corrected chi connectivity index (χ4v) is 4.36. The molecule has 1 aromatic carbocycles. The number of sulfone groups is 1. The Labute approximate surface area is 191 Å². The number of rotatable bonds is 5. The smallest absolute Gasteiger partial charge is 0.229 e. The predicted molar refractivity (Wildman–Crippen MR) is 127 cm³/mol. The number of hydrogen-bond donors (Lipinski definition) is 1. The zero-order chi connectivity index (χ0) is 23.0. The second-order valence-electron chi connectivity index (χ2n) is 8.11. The van der Waals surface area contributed by atoms with Crippen LogP contribution >= 0.6 is 0 Å². The standard InChI is InChI=1S/C22H24N8O2S/c1-28-9-11-29(12-10-28)22-24-14-17(15-25-22)26-21-23-13-16-7-8-30(20(16)27-21)18-3-5-19(6-4-18)33(2,31)32/h3-8,13-15H,9-12H2,1-2H3,(H,23,26,27). The summed E-state index contributed by atoms with van der Waals surface area (Å²) < 4.78 is 25.4. The van der Waals surface area contributed by atoms with E-state index in [-0.39, 0.29) is 4.90 Å². The number of benzene rings is 1. The van der Waals surface area contributed by atoms with Crippen LogP contribution in [0.25, 0.3) is 16.7 Å². The topological polar surface area (TPSA) is 109 Å². The minimum atomic E-state index is -3.25. The van der Waals surface area contributed by atoms with Gasteiger partial charge in [-0.25, -0.2) is 23.4 Å². The molecular formula is C22H24N8O2S. The highest BCUT2D eigenvalue weighted by Gasteiger charge is 2.16. The molecule has 170 valence electrons. The summed E-state index contributed by atoms with van der Waals surface area (Å²) in [5, 5.41) is 4.03. The molecule has 0 radical (unpaired) electrons. The number of nitrogens with one attached hydrogen (secondary N) is 1. The fourth-order valence-electron chi connectivity index (χ4n) is 3.73. The van der Waals surface area contributed by atoms with E-state index in [0.717, 1.165) is 43.2 Å². The van der Waals surface area contributed by atoms with Gasteiger partial charge in [0.15, 0.2) is 9.84 Å². The Morgan fingerprint density at radius 2 is 1.61 bits per heavy atom. The highest BCUT2D eigenvalue weighted by atomic mass is 32.2. The Kier molecular flexibility index (Phi) is 5.43. The van der Waals surface area contributed by atoms with Crippen LogP contribution in [0.3, 0.4) is 0 Å². The number of nitrogens with zero attached hydrogens (tertiary/aromatic N) is 7. The highest BCUT2D eigenvalue weighted by molar-refractivity contribution is 7.90. The van der Waals surface area contributed by atoms with Gasteiger partial charge in [-0.3, -0.25) is 0 Å². The van der Waals surface area contributed by atoms with Crippen molar-refractivity contribution in [3.63, 3.8) is 0 Å². The number of piperazine rings is 1. The highest BCUT2D eigenvalue weighted by Crippen LogP contribution is 2.22. The Balaban J connectivity index is 1.36. The van der Waals surface area contributed by atoms with Crippen LogP contribution in [0.5, 0.6) is 0 Å². The number of anilines is 3. The molecule has 10 nitrogen and oxygen atoms in total. The van der Waals surface area contributed by atoms with Crippen LogP contribution in [-0.2, 0) is 9.84 Å². The molecule has 0 bridgehead atoms. The summed E-state index contributed by atoms with van der Waals surface area (Å²) in [6, 6.07) is 8.62. The summed E-state index contributed by atoms with van der Waals surface area (Å²) in [6.45, 7) is 3.80. The first kappa shape index (κ1) is 21.3. The van der Waals surface area contributed by atoms with Gasteiger partial charge in [-0.15, -0.1) is 0 Å². The first-order valence-corrected chi connectivity index (χ1v) is 12.4. The molecule has 0 aliphatic carbocycles. The van der Waals surface area contributed by atoms with Crippen molar-refractivity contribution in [1.82, 2.24) is 29.4 Å². The second-order valence-corrected chi connectivity index (χ2v) is 10.1. The van der Waals surface area contributed by atoms with Gasteiger partial charge < -0.3 is 19.7 Å². The molecule has 11 heteroatoms. The van der Waals surface area contributed by atoms with Gasteiger partial charge in [0.05, 0.1) is 23.0 Å². The van der Waals surface area contributed by atoms with Gasteiger partial charge in [0.2, 0.25) is 11.9 Å². The quantitative estimate of drug-likeness (QED) is 0.475. The molecule has 0 saturated carbocycles. The fraction of sp³-hybridized carbons (Fsp3) is 0.273. The molecule has 0 unspecified atom stereocenters. The maximum absolute atomic E-state index is 11.7. The Morgan fingerprint density at radius 1 is 0.909 bits per heavy atom. The average molecular weight is 465 g/mol. The molecule has 4 heterocycles. The number of aromatic nitrogens is 5. The molecule has 0 amide bonds. The van der Waals surface area contributed by atoms with Crippen molar-refractivity contribution in [2.45, 2.75) is 4.90 Å². The molecule has 1 aliphatic rings. The van der Waals surface area contributed by atoms with Gasteiger partial charge in [-0.1, -0.05) is 0 Å². The molecule has 33 heavy (non-hydrogen) atoms. The summed E-state index contributed by atoms with van der Waals surface area (Å²) in [4.78, 5) is 22.8. The van der Waals surface area contributed by atoms with Gasteiger partial charge in [0.1, 0.15) is 5.65 Å². The molecular weight excluding hydrogens is 440 g/mol. The third kappa shape index (κ3) is 4.50. The number of likely N-dealkylation sites (N-methyl/N-ethyl adjacent to an activating group) is 1. The van der Waals surface area contributed by atoms with Crippen LogP contribution in [0.15, 0.2) is 60.0 Å². The first-order valence-electron chi connectivity index (χ1n) is 10.5. The van der Waals surface area contributed by atoms with E-state index in [4.69, 9.17) is 0 Å². The van der Waals surface area contributed by atoms with E-state index in [0.29, 0.717) is 17.3 Å². The molecule has 1 fully saturated rings. The Morgan fingerprint density at radius 3 is 2.27 bits per heavy atom. The molecule has 0 spiro atoms. The third-order valence-corrected chi connectivity index (χ3v) is 6.78. The summed E-state index contributed by atoms with van der Waals surface area (Å²) in [6.07, 6.45) is 8.28. The lowest BCUT2D eigenvalue weighted by atomic mass is 10.3. The summed E-state index contributed by atoms with van der Waals surface area (Å²) in [7, 11) is -1.13. The van der Waals surface area contributed by atoms with Crippen LogP contribution in [0.1, 0.15) is 0 Å². The van der Waals surface area contributed by atoms with Crippen LogP contribution in [0, 0.1) is 0 Å². The molecule has 3 aromatic heterocycles.